The molecule has 3 aromatic rings. The predicted molar refractivity (Wildman–Crippen MR) is 101 cm³/mol. The van der Waals surface area contributed by atoms with Crippen molar-refractivity contribution in [1.29, 1.82) is 0 Å². The van der Waals surface area contributed by atoms with Gasteiger partial charge in [-0.1, -0.05) is 6.07 Å². The Kier molecular flexibility index (Phi) is 6.45. The van der Waals surface area contributed by atoms with Crippen LogP contribution in [0.5, 0.6) is 0 Å². The van der Waals surface area contributed by atoms with Crippen molar-refractivity contribution in [2.75, 3.05) is 25.1 Å². The third-order valence-electron chi connectivity index (χ3n) is 3.95. The molecule has 0 unspecified atom stereocenters. The van der Waals surface area contributed by atoms with Crippen LogP contribution in [0.3, 0.4) is 0 Å². The summed E-state index contributed by atoms with van der Waals surface area (Å²) in [6.45, 7) is 3.09. The van der Waals surface area contributed by atoms with Gasteiger partial charge in [-0.05, 0) is 36.2 Å². The number of anilines is 2. The number of nitrogens with one attached hydrogen (secondary N) is 1. The molecule has 0 saturated carbocycles. The molecule has 0 fully saturated rings. The first-order valence-electron chi connectivity index (χ1n) is 8.85. The van der Waals surface area contributed by atoms with E-state index in [2.05, 4.69) is 20.4 Å². The zero-order valence-electron chi connectivity index (χ0n) is 15.6. The maximum Gasteiger partial charge on any atom is 0.433 e. The Bertz CT molecular complexity index is 959. The van der Waals surface area contributed by atoms with Gasteiger partial charge in [-0.15, -0.1) is 0 Å². The topological polar surface area (TPSA) is 85.1 Å². The number of hydrogen-bond acceptors (Lipinski definition) is 6. The van der Waals surface area contributed by atoms with E-state index in [4.69, 9.17) is 9.84 Å². The van der Waals surface area contributed by atoms with Crippen LogP contribution in [0.25, 0.3) is 11.1 Å². The van der Waals surface area contributed by atoms with Crippen molar-refractivity contribution in [3.8, 4) is 11.1 Å². The van der Waals surface area contributed by atoms with Crippen molar-refractivity contribution in [2.24, 2.45) is 0 Å². The number of aliphatic hydroxyl groups excluding tert-OH is 1. The minimum absolute atomic E-state index is 0.0288. The van der Waals surface area contributed by atoms with Crippen LogP contribution in [0.2, 0.25) is 0 Å². The Labute approximate surface area is 165 Å². The van der Waals surface area contributed by atoms with Gasteiger partial charge in [0.1, 0.15) is 5.69 Å². The molecule has 0 aliphatic rings. The van der Waals surface area contributed by atoms with Crippen LogP contribution in [-0.4, -0.2) is 44.7 Å². The van der Waals surface area contributed by atoms with Crippen LogP contribution < -0.4 is 5.32 Å². The van der Waals surface area contributed by atoms with Gasteiger partial charge in [0, 0.05) is 23.6 Å². The molecular formula is C19H20F3N5O2. The number of ether oxygens (including phenoxy) is 1. The molecule has 0 spiro atoms. The van der Waals surface area contributed by atoms with E-state index < -0.39 is 11.9 Å². The lowest BCUT2D eigenvalue weighted by Gasteiger charge is -2.10. The highest BCUT2D eigenvalue weighted by atomic mass is 19.4. The Hall–Kier alpha value is -2.98. The van der Waals surface area contributed by atoms with Gasteiger partial charge in [-0.25, -0.2) is 9.97 Å². The second-order valence-corrected chi connectivity index (χ2v) is 6.30. The summed E-state index contributed by atoms with van der Waals surface area (Å²) in [6, 6.07) is 6.35. The van der Waals surface area contributed by atoms with Gasteiger partial charge in [0.25, 0.3) is 0 Å². The molecule has 2 aromatic heterocycles. The third-order valence-corrected chi connectivity index (χ3v) is 3.95. The standard InChI is InChI=1S/C19H20F3N5O2/c1-13-8-14(15-11-24-27(12-15)4-6-29-7-5-28)10-16(9-13)25-18-23-3-2-17(26-18)19(20,21)22/h2-3,8-12,28H,4-7H2,1H3,(H,23,25,26). The molecule has 0 aliphatic carbocycles. The lowest BCUT2D eigenvalue weighted by atomic mass is 10.1. The number of halogens is 3. The largest absolute Gasteiger partial charge is 0.433 e. The molecule has 29 heavy (non-hydrogen) atoms. The molecule has 10 heteroatoms. The Balaban J connectivity index is 1.76. The molecular weight excluding hydrogens is 387 g/mol. The summed E-state index contributed by atoms with van der Waals surface area (Å²) in [6.07, 6.45) is 0.0807. The minimum Gasteiger partial charge on any atom is -0.394 e. The van der Waals surface area contributed by atoms with Crippen LogP contribution in [0.1, 0.15) is 11.3 Å². The van der Waals surface area contributed by atoms with Crippen molar-refractivity contribution >= 4 is 11.6 Å². The second kappa shape index (κ2) is 9.01. The minimum atomic E-state index is -4.54. The van der Waals surface area contributed by atoms with E-state index in [1.54, 1.807) is 23.0 Å². The monoisotopic (exact) mass is 407 g/mol. The molecule has 2 N–H and O–H groups in total. The van der Waals surface area contributed by atoms with E-state index in [9.17, 15) is 13.2 Å². The van der Waals surface area contributed by atoms with Crippen LogP contribution in [-0.2, 0) is 17.5 Å². The summed E-state index contributed by atoms with van der Waals surface area (Å²) in [7, 11) is 0. The van der Waals surface area contributed by atoms with Crippen LogP contribution in [0.4, 0.5) is 24.8 Å². The van der Waals surface area contributed by atoms with Crippen molar-refractivity contribution in [2.45, 2.75) is 19.6 Å². The summed E-state index contributed by atoms with van der Waals surface area (Å²) >= 11 is 0. The van der Waals surface area contributed by atoms with Crippen LogP contribution >= 0.6 is 0 Å². The number of aliphatic hydroxyl groups is 1. The molecule has 1 aromatic carbocycles. The van der Waals surface area contributed by atoms with Crippen LogP contribution in [0.15, 0.2) is 42.9 Å². The zero-order valence-corrected chi connectivity index (χ0v) is 15.6. The number of alkyl halides is 3. The number of aromatic nitrogens is 4. The fraction of sp³-hybridized carbons (Fsp3) is 0.316. The fourth-order valence-corrected chi connectivity index (χ4v) is 2.69. The highest BCUT2D eigenvalue weighted by molar-refractivity contribution is 5.70. The average molecular weight is 407 g/mol. The second-order valence-electron chi connectivity index (χ2n) is 6.30. The van der Waals surface area contributed by atoms with Crippen molar-refractivity contribution in [1.82, 2.24) is 19.7 Å². The molecule has 7 nitrogen and oxygen atoms in total. The molecule has 0 radical (unpaired) electrons. The van der Waals surface area contributed by atoms with E-state index in [0.29, 0.717) is 18.8 Å². The first-order valence-corrected chi connectivity index (χ1v) is 8.85. The molecule has 0 bridgehead atoms. The summed E-state index contributed by atoms with van der Waals surface area (Å²) in [4.78, 5) is 7.39. The number of nitrogens with zero attached hydrogens (tertiary/aromatic N) is 4. The maximum absolute atomic E-state index is 12.8. The SMILES string of the molecule is Cc1cc(Nc2nccc(C(F)(F)F)n2)cc(-c2cnn(CCOCCO)c2)c1. The summed E-state index contributed by atoms with van der Waals surface area (Å²) in [5, 5.41) is 15.8. The van der Waals surface area contributed by atoms with Gasteiger partial charge in [0.05, 0.1) is 32.6 Å². The van der Waals surface area contributed by atoms with E-state index in [1.807, 2.05) is 19.2 Å². The van der Waals surface area contributed by atoms with Gasteiger partial charge in [-0.3, -0.25) is 4.68 Å². The van der Waals surface area contributed by atoms with Gasteiger partial charge < -0.3 is 15.2 Å². The summed E-state index contributed by atoms with van der Waals surface area (Å²) in [5.41, 5.74) is 2.17. The zero-order chi connectivity index (χ0) is 20.9. The first kappa shape index (κ1) is 20.7. The molecule has 3 rings (SSSR count). The van der Waals surface area contributed by atoms with Crippen LogP contribution in [0, 0.1) is 6.92 Å². The lowest BCUT2D eigenvalue weighted by Crippen LogP contribution is -2.10. The number of aryl methyl sites for hydroxylation is 1. The van der Waals surface area contributed by atoms with Gasteiger partial charge in [0.2, 0.25) is 5.95 Å². The van der Waals surface area contributed by atoms with E-state index >= 15 is 0 Å². The molecule has 0 saturated heterocycles. The third kappa shape index (κ3) is 5.75. The average Bonchev–Trinajstić information content (AvgIpc) is 3.13. The van der Waals surface area contributed by atoms with Crippen molar-refractivity contribution in [3.63, 3.8) is 0 Å². The van der Waals surface area contributed by atoms with Gasteiger partial charge in [-0.2, -0.15) is 18.3 Å². The highest BCUT2D eigenvalue weighted by Crippen LogP contribution is 2.29. The van der Waals surface area contributed by atoms with Crippen molar-refractivity contribution < 1.29 is 23.0 Å². The van der Waals surface area contributed by atoms with E-state index in [1.165, 1.54) is 0 Å². The smallest absolute Gasteiger partial charge is 0.394 e. The summed E-state index contributed by atoms with van der Waals surface area (Å²) in [5.74, 6) is -0.131. The highest BCUT2D eigenvalue weighted by Gasteiger charge is 2.32. The fourth-order valence-electron chi connectivity index (χ4n) is 2.69. The van der Waals surface area contributed by atoms with E-state index in [-0.39, 0.29) is 19.2 Å². The first-order chi connectivity index (χ1) is 13.8. The van der Waals surface area contributed by atoms with Gasteiger partial charge in [0.15, 0.2) is 0 Å². The predicted octanol–water partition coefficient (Wildman–Crippen LogP) is 3.42. The Morgan fingerprint density at radius 3 is 2.76 bits per heavy atom. The molecule has 0 amide bonds. The molecule has 0 atom stereocenters. The molecule has 0 aliphatic heterocycles. The normalized spacial score (nSPS) is 11.6. The molecule has 154 valence electrons. The van der Waals surface area contributed by atoms with E-state index in [0.717, 1.165) is 29.0 Å². The van der Waals surface area contributed by atoms with Gasteiger partial charge >= 0.3 is 6.18 Å². The maximum atomic E-state index is 12.8. The Morgan fingerprint density at radius 1 is 1.17 bits per heavy atom. The summed E-state index contributed by atoms with van der Waals surface area (Å²) < 4.78 is 45.5. The quantitative estimate of drug-likeness (QED) is 0.557. The number of rotatable bonds is 8. The van der Waals surface area contributed by atoms with Crippen molar-refractivity contribution in [3.05, 3.63) is 54.1 Å². The number of benzene rings is 1. The lowest BCUT2D eigenvalue weighted by molar-refractivity contribution is -0.141. The Morgan fingerprint density at radius 2 is 2.00 bits per heavy atom. The molecule has 2 heterocycles. The number of hydrogen-bond donors (Lipinski definition) is 2.